The number of halogens is 2. The summed E-state index contributed by atoms with van der Waals surface area (Å²) in [5.41, 5.74) is 0. The second-order valence-electron chi connectivity index (χ2n) is 3.66. The number of para-hydroxylation sites is 1. The molecule has 0 radical (unpaired) electrons. The van der Waals surface area contributed by atoms with E-state index in [2.05, 4.69) is 0 Å². The van der Waals surface area contributed by atoms with Crippen LogP contribution in [-0.4, -0.2) is 11.9 Å². The average molecular weight is 285 g/mol. The van der Waals surface area contributed by atoms with Gasteiger partial charge in [-0.15, -0.1) is 11.3 Å². The van der Waals surface area contributed by atoms with Crippen molar-refractivity contribution in [1.82, 2.24) is 0 Å². The largest absolute Gasteiger partial charge is 0.479 e. The standard InChI is InChI=1S/C13H10ClFO2S/c1-8(13(16)11-6-7-12(14)18-11)17-10-5-3-2-4-9(10)15/h2-8H,1H3. The van der Waals surface area contributed by atoms with Crippen LogP contribution < -0.4 is 4.74 Å². The van der Waals surface area contributed by atoms with E-state index >= 15 is 0 Å². The summed E-state index contributed by atoms with van der Waals surface area (Å²) in [6, 6.07) is 9.27. The molecule has 1 aromatic carbocycles. The van der Waals surface area contributed by atoms with E-state index in [1.807, 2.05) is 0 Å². The first-order valence-electron chi connectivity index (χ1n) is 5.28. The Morgan fingerprint density at radius 1 is 1.33 bits per heavy atom. The van der Waals surface area contributed by atoms with Gasteiger partial charge in [0, 0.05) is 0 Å². The van der Waals surface area contributed by atoms with Crippen LogP contribution in [-0.2, 0) is 0 Å². The highest BCUT2D eigenvalue weighted by molar-refractivity contribution is 7.18. The minimum atomic E-state index is -0.753. The summed E-state index contributed by atoms with van der Waals surface area (Å²) >= 11 is 6.94. The van der Waals surface area contributed by atoms with Gasteiger partial charge in [0.1, 0.15) is 0 Å². The molecule has 0 fully saturated rings. The molecular weight excluding hydrogens is 275 g/mol. The molecule has 1 atom stereocenters. The lowest BCUT2D eigenvalue weighted by molar-refractivity contribution is 0.0816. The van der Waals surface area contributed by atoms with Gasteiger partial charge in [0.05, 0.1) is 9.21 Å². The van der Waals surface area contributed by atoms with Crippen LogP contribution in [0.1, 0.15) is 16.6 Å². The maximum absolute atomic E-state index is 13.4. The molecule has 1 aromatic heterocycles. The molecule has 1 heterocycles. The first-order valence-corrected chi connectivity index (χ1v) is 6.48. The fraction of sp³-hybridized carbons (Fsp3) is 0.154. The number of carbonyl (C=O) groups excluding carboxylic acids is 1. The SMILES string of the molecule is CC(Oc1ccccc1F)C(=O)c1ccc(Cl)s1. The van der Waals surface area contributed by atoms with Gasteiger partial charge in [-0.05, 0) is 31.2 Å². The Hall–Kier alpha value is -1.39. The van der Waals surface area contributed by atoms with Gasteiger partial charge < -0.3 is 4.74 Å². The number of hydrogen-bond acceptors (Lipinski definition) is 3. The van der Waals surface area contributed by atoms with E-state index in [1.54, 1.807) is 31.2 Å². The van der Waals surface area contributed by atoms with E-state index in [0.717, 1.165) is 0 Å². The summed E-state index contributed by atoms with van der Waals surface area (Å²) in [6.07, 6.45) is -0.753. The predicted molar refractivity (Wildman–Crippen MR) is 70.1 cm³/mol. The lowest BCUT2D eigenvalue weighted by atomic mass is 10.2. The quantitative estimate of drug-likeness (QED) is 0.787. The molecular formula is C13H10ClFO2S. The summed E-state index contributed by atoms with van der Waals surface area (Å²) in [7, 11) is 0. The van der Waals surface area contributed by atoms with Crippen LogP contribution in [0.5, 0.6) is 5.75 Å². The van der Waals surface area contributed by atoms with Gasteiger partial charge in [-0.1, -0.05) is 23.7 Å². The molecule has 0 spiro atoms. The van der Waals surface area contributed by atoms with Crippen LogP contribution >= 0.6 is 22.9 Å². The third-order valence-electron chi connectivity index (χ3n) is 2.33. The Labute approximate surface area is 113 Å². The summed E-state index contributed by atoms with van der Waals surface area (Å²) < 4.78 is 19.2. The zero-order chi connectivity index (χ0) is 13.1. The predicted octanol–water partition coefficient (Wildman–Crippen LogP) is 4.19. The Morgan fingerprint density at radius 2 is 2.06 bits per heavy atom. The van der Waals surface area contributed by atoms with Crippen LogP contribution in [0.3, 0.4) is 0 Å². The number of ether oxygens (including phenoxy) is 1. The van der Waals surface area contributed by atoms with Crippen molar-refractivity contribution in [3.63, 3.8) is 0 Å². The lowest BCUT2D eigenvalue weighted by Gasteiger charge is -2.13. The Kier molecular flexibility index (Phi) is 3.99. The molecule has 0 aliphatic carbocycles. The summed E-state index contributed by atoms with van der Waals surface area (Å²) in [5.74, 6) is -0.627. The van der Waals surface area contributed by atoms with Gasteiger partial charge >= 0.3 is 0 Å². The summed E-state index contributed by atoms with van der Waals surface area (Å²) in [6.45, 7) is 1.59. The van der Waals surface area contributed by atoms with Crippen molar-refractivity contribution in [3.8, 4) is 5.75 Å². The van der Waals surface area contributed by atoms with Crippen molar-refractivity contribution in [2.45, 2.75) is 13.0 Å². The third kappa shape index (κ3) is 2.89. The normalized spacial score (nSPS) is 12.2. The molecule has 18 heavy (non-hydrogen) atoms. The van der Waals surface area contributed by atoms with E-state index in [9.17, 15) is 9.18 Å². The minimum Gasteiger partial charge on any atom is -0.479 e. The molecule has 0 N–H and O–H groups in total. The molecule has 0 amide bonds. The van der Waals surface area contributed by atoms with Gasteiger partial charge in [0.15, 0.2) is 17.7 Å². The number of benzene rings is 1. The zero-order valence-corrected chi connectivity index (χ0v) is 11.1. The molecule has 0 saturated carbocycles. The molecule has 2 nitrogen and oxygen atoms in total. The maximum atomic E-state index is 13.4. The van der Waals surface area contributed by atoms with Gasteiger partial charge in [0.2, 0.25) is 5.78 Å². The highest BCUT2D eigenvalue weighted by atomic mass is 35.5. The van der Waals surface area contributed by atoms with Crippen LogP contribution in [0.4, 0.5) is 4.39 Å². The van der Waals surface area contributed by atoms with Gasteiger partial charge in [-0.3, -0.25) is 4.79 Å². The van der Waals surface area contributed by atoms with Crippen LogP contribution in [0.15, 0.2) is 36.4 Å². The Bertz CT molecular complexity index is 568. The third-order valence-corrected chi connectivity index (χ3v) is 3.57. The molecule has 0 bridgehead atoms. The summed E-state index contributed by atoms with van der Waals surface area (Å²) in [5, 5.41) is 0. The van der Waals surface area contributed by atoms with E-state index in [0.29, 0.717) is 9.21 Å². The molecule has 94 valence electrons. The number of thiophene rings is 1. The first-order chi connectivity index (χ1) is 8.58. The smallest absolute Gasteiger partial charge is 0.212 e. The Morgan fingerprint density at radius 3 is 2.67 bits per heavy atom. The van der Waals surface area contributed by atoms with Gasteiger partial charge in [-0.2, -0.15) is 0 Å². The molecule has 2 aromatic rings. The maximum Gasteiger partial charge on any atom is 0.212 e. The average Bonchev–Trinajstić information content (AvgIpc) is 2.78. The second-order valence-corrected chi connectivity index (χ2v) is 5.37. The molecule has 0 aliphatic heterocycles. The highest BCUT2D eigenvalue weighted by Crippen LogP contribution is 2.24. The van der Waals surface area contributed by atoms with Gasteiger partial charge in [-0.25, -0.2) is 4.39 Å². The van der Waals surface area contributed by atoms with Crippen LogP contribution in [0.2, 0.25) is 4.34 Å². The molecule has 1 unspecified atom stereocenters. The highest BCUT2D eigenvalue weighted by Gasteiger charge is 2.19. The minimum absolute atomic E-state index is 0.0704. The number of carbonyl (C=O) groups is 1. The van der Waals surface area contributed by atoms with Crippen molar-refractivity contribution in [3.05, 3.63) is 51.4 Å². The number of hydrogen-bond donors (Lipinski definition) is 0. The number of rotatable bonds is 4. The lowest BCUT2D eigenvalue weighted by Crippen LogP contribution is -2.23. The second kappa shape index (κ2) is 5.50. The van der Waals surface area contributed by atoms with Crippen molar-refractivity contribution >= 4 is 28.7 Å². The van der Waals surface area contributed by atoms with Crippen LogP contribution in [0.25, 0.3) is 0 Å². The van der Waals surface area contributed by atoms with Crippen molar-refractivity contribution in [1.29, 1.82) is 0 Å². The van der Waals surface area contributed by atoms with E-state index < -0.39 is 11.9 Å². The molecule has 0 saturated heterocycles. The molecule has 0 aliphatic rings. The topological polar surface area (TPSA) is 26.3 Å². The van der Waals surface area contributed by atoms with E-state index in [-0.39, 0.29) is 11.5 Å². The first kappa shape index (κ1) is 13.1. The number of Topliss-reactive ketones (excluding diaryl/α,β-unsaturated/α-hetero) is 1. The Balaban J connectivity index is 2.11. The van der Waals surface area contributed by atoms with E-state index in [1.165, 1.54) is 23.5 Å². The number of ketones is 1. The summed E-state index contributed by atoms with van der Waals surface area (Å²) in [4.78, 5) is 12.5. The van der Waals surface area contributed by atoms with Crippen molar-refractivity contribution < 1.29 is 13.9 Å². The monoisotopic (exact) mass is 284 g/mol. The van der Waals surface area contributed by atoms with Crippen LogP contribution in [0, 0.1) is 5.82 Å². The van der Waals surface area contributed by atoms with E-state index in [4.69, 9.17) is 16.3 Å². The fourth-order valence-electron chi connectivity index (χ4n) is 1.43. The fourth-order valence-corrected chi connectivity index (χ4v) is 2.49. The molecule has 5 heteroatoms. The van der Waals surface area contributed by atoms with Gasteiger partial charge in [0.25, 0.3) is 0 Å². The van der Waals surface area contributed by atoms with Crippen molar-refractivity contribution in [2.24, 2.45) is 0 Å². The molecule has 2 rings (SSSR count). The van der Waals surface area contributed by atoms with Crippen molar-refractivity contribution in [2.75, 3.05) is 0 Å². The zero-order valence-electron chi connectivity index (χ0n) is 9.52.